The second kappa shape index (κ2) is 6.00. The Balaban J connectivity index is 1.71. The van der Waals surface area contributed by atoms with E-state index in [9.17, 15) is 4.79 Å². The molecule has 0 N–H and O–H groups in total. The van der Waals surface area contributed by atoms with Crippen molar-refractivity contribution in [2.45, 2.75) is 25.7 Å². The van der Waals surface area contributed by atoms with Crippen LogP contribution in [0, 0.1) is 5.92 Å². The highest BCUT2D eigenvalue weighted by molar-refractivity contribution is 6.18. The van der Waals surface area contributed by atoms with Crippen LogP contribution in [0.15, 0.2) is 18.3 Å². The van der Waals surface area contributed by atoms with Gasteiger partial charge in [-0.3, -0.25) is 9.69 Å². The van der Waals surface area contributed by atoms with Crippen molar-refractivity contribution in [3.63, 3.8) is 0 Å². The van der Waals surface area contributed by atoms with Gasteiger partial charge >= 0.3 is 0 Å². The summed E-state index contributed by atoms with van der Waals surface area (Å²) in [5, 5.41) is 0. The molecule has 2 aliphatic heterocycles. The van der Waals surface area contributed by atoms with E-state index in [-0.39, 0.29) is 11.8 Å². The van der Waals surface area contributed by atoms with Gasteiger partial charge in [0.2, 0.25) is 5.91 Å². The molecule has 0 bridgehead atoms. The van der Waals surface area contributed by atoms with Crippen LogP contribution < -0.4 is 9.80 Å². The zero-order chi connectivity index (χ0) is 13.9. The summed E-state index contributed by atoms with van der Waals surface area (Å²) >= 11 is 5.85. The molecule has 0 saturated carbocycles. The maximum Gasteiger partial charge on any atom is 0.228 e. The number of aromatic nitrogens is 1. The summed E-state index contributed by atoms with van der Waals surface area (Å²) in [6, 6.07) is 4.04. The molecule has 20 heavy (non-hydrogen) atoms. The van der Waals surface area contributed by atoms with Crippen LogP contribution >= 0.6 is 11.6 Å². The highest BCUT2D eigenvalue weighted by atomic mass is 35.5. The SMILES string of the molecule is O=C1CC(CCl)CN1c1ccc(N2CCCCC2)cn1. The molecule has 0 aromatic carbocycles. The van der Waals surface area contributed by atoms with E-state index >= 15 is 0 Å². The van der Waals surface area contributed by atoms with Crippen LogP contribution in [0.25, 0.3) is 0 Å². The van der Waals surface area contributed by atoms with Gasteiger partial charge in [-0.05, 0) is 37.3 Å². The van der Waals surface area contributed by atoms with Crippen molar-refractivity contribution in [2.75, 3.05) is 35.3 Å². The number of pyridine rings is 1. The van der Waals surface area contributed by atoms with E-state index in [1.165, 1.54) is 19.3 Å². The molecule has 3 heterocycles. The van der Waals surface area contributed by atoms with Gasteiger partial charge < -0.3 is 4.90 Å². The Kier molecular flexibility index (Phi) is 4.10. The summed E-state index contributed by atoms with van der Waals surface area (Å²) in [6.45, 7) is 2.91. The minimum atomic E-state index is 0.133. The lowest BCUT2D eigenvalue weighted by molar-refractivity contribution is -0.117. The van der Waals surface area contributed by atoms with Crippen molar-refractivity contribution in [1.29, 1.82) is 0 Å². The molecular formula is C15H20ClN3O. The molecule has 5 heteroatoms. The van der Waals surface area contributed by atoms with Gasteiger partial charge in [0.25, 0.3) is 0 Å². The molecule has 0 spiro atoms. The molecule has 1 unspecified atom stereocenters. The Morgan fingerprint density at radius 1 is 1.25 bits per heavy atom. The summed E-state index contributed by atoms with van der Waals surface area (Å²) in [4.78, 5) is 20.5. The standard InChI is InChI=1S/C15H20ClN3O/c16-9-12-8-15(20)19(11-12)14-5-4-13(10-17-14)18-6-2-1-3-7-18/h4-5,10,12H,1-3,6-9,11H2. The van der Waals surface area contributed by atoms with Crippen molar-refractivity contribution in [1.82, 2.24) is 4.98 Å². The predicted octanol–water partition coefficient (Wildman–Crippen LogP) is 2.66. The van der Waals surface area contributed by atoms with Crippen LogP contribution in [-0.2, 0) is 4.79 Å². The van der Waals surface area contributed by atoms with Crippen LogP contribution in [0.4, 0.5) is 11.5 Å². The third-order valence-electron chi connectivity index (χ3n) is 4.15. The van der Waals surface area contributed by atoms with E-state index in [0.29, 0.717) is 18.8 Å². The van der Waals surface area contributed by atoms with Crippen LogP contribution in [0.3, 0.4) is 0 Å². The normalized spacial score (nSPS) is 23.4. The third kappa shape index (κ3) is 2.75. The summed E-state index contributed by atoms with van der Waals surface area (Å²) in [5.74, 6) is 1.68. The molecule has 0 radical (unpaired) electrons. The number of anilines is 2. The fourth-order valence-corrected chi connectivity index (χ4v) is 3.19. The zero-order valence-corrected chi connectivity index (χ0v) is 12.4. The van der Waals surface area contributed by atoms with Gasteiger partial charge in [-0.1, -0.05) is 0 Å². The molecule has 3 rings (SSSR count). The van der Waals surface area contributed by atoms with Crippen molar-refractivity contribution in [3.05, 3.63) is 18.3 Å². The van der Waals surface area contributed by atoms with Gasteiger partial charge in [-0.2, -0.15) is 0 Å². The quantitative estimate of drug-likeness (QED) is 0.804. The van der Waals surface area contributed by atoms with Crippen molar-refractivity contribution < 1.29 is 4.79 Å². The molecule has 0 aliphatic carbocycles. The van der Waals surface area contributed by atoms with E-state index < -0.39 is 0 Å². The molecule has 1 atom stereocenters. The fourth-order valence-electron chi connectivity index (χ4n) is 2.98. The first kappa shape index (κ1) is 13.7. The second-order valence-electron chi connectivity index (χ2n) is 5.65. The van der Waals surface area contributed by atoms with Crippen molar-refractivity contribution in [3.8, 4) is 0 Å². The lowest BCUT2D eigenvalue weighted by atomic mass is 10.1. The van der Waals surface area contributed by atoms with E-state index in [0.717, 1.165) is 24.6 Å². The average molecular weight is 294 g/mol. The Bertz CT molecular complexity index is 471. The first-order valence-electron chi connectivity index (χ1n) is 7.35. The van der Waals surface area contributed by atoms with Crippen LogP contribution in [0.5, 0.6) is 0 Å². The second-order valence-corrected chi connectivity index (χ2v) is 5.96. The van der Waals surface area contributed by atoms with Gasteiger partial charge in [0, 0.05) is 31.9 Å². The summed E-state index contributed by atoms with van der Waals surface area (Å²) in [5.41, 5.74) is 1.16. The van der Waals surface area contributed by atoms with Gasteiger partial charge in [0.1, 0.15) is 5.82 Å². The molecule has 1 aromatic heterocycles. The van der Waals surface area contributed by atoms with Crippen LogP contribution in [0.1, 0.15) is 25.7 Å². The van der Waals surface area contributed by atoms with Gasteiger partial charge in [-0.25, -0.2) is 4.98 Å². The Morgan fingerprint density at radius 2 is 2.05 bits per heavy atom. The first-order chi connectivity index (χ1) is 9.78. The average Bonchev–Trinajstić information content (AvgIpc) is 2.89. The molecule has 2 fully saturated rings. The number of halogens is 1. The van der Waals surface area contributed by atoms with E-state index in [1.807, 2.05) is 12.3 Å². The van der Waals surface area contributed by atoms with E-state index in [1.54, 1.807) is 4.90 Å². The van der Waals surface area contributed by atoms with Crippen LogP contribution in [0.2, 0.25) is 0 Å². The molecule has 2 saturated heterocycles. The number of hydrogen-bond acceptors (Lipinski definition) is 3. The number of nitrogens with zero attached hydrogens (tertiary/aromatic N) is 3. The molecular weight excluding hydrogens is 274 g/mol. The Morgan fingerprint density at radius 3 is 2.65 bits per heavy atom. The highest BCUT2D eigenvalue weighted by Gasteiger charge is 2.30. The van der Waals surface area contributed by atoms with E-state index in [4.69, 9.17) is 11.6 Å². The Hall–Kier alpha value is -1.29. The number of piperidine rings is 1. The first-order valence-corrected chi connectivity index (χ1v) is 7.88. The van der Waals surface area contributed by atoms with Crippen LogP contribution in [-0.4, -0.2) is 36.4 Å². The number of hydrogen-bond donors (Lipinski definition) is 0. The summed E-state index contributed by atoms with van der Waals surface area (Å²) in [7, 11) is 0. The topological polar surface area (TPSA) is 36.4 Å². The Labute approximate surface area is 124 Å². The maximum absolute atomic E-state index is 11.9. The van der Waals surface area contributed by atoms with Crippen molar-refractivity contribution in [2.24, 2.45) is 5.92 Å². The smallest absolute Gasteiger partial charge is 0.228 e. The lowest BCUT2D eigenvalue weighted by Gasteiger charge is -2.28. The van der Waals surface area contributed by atoms with E-state index in [2.05, 4.69) is 16.0 Å². The summed E-state index contributed by atoms with van der Waals surface area (Å²) < 4.78 is 0. The minimum Gasteiger partial charge on any atom is -0.370 e. The molecule has 1 aromatic rings. The zero-order valence-electron chi connectivity index (χ0n) is 11.6. The monoisotopic (exact) mass is 293 g/mol. The minimum absolute atomic E-state index is 0.133. The maximum atomic E-state index is 11.9. The molecule has 2 aliphatic rings. The lowest BCUT2D eigenvalue weighted by Crippen LogP contribution is -2.30. The van der Waals surface area contributed by atoms with Gasteiger partial charge in [0.15, 0.2) is 0 Å². The summed E-state index contributed by atoms with van der Waals surface area (Å²) in [6.07, 6.45) is 6.26. The fraction of sp³-hybridized carbons (Fsp3) is 0.600. The number of amides is 1. The molecule has 1 amide bonds. The number of carbonyl (C=O) groups excluding carboxylic acids is 1. The number of alkyl halides is 1. The molecule has 108 valence electrons. The molecule has 4 nitrogen and oxygen atoms in total. The third-order valence-corrected chi connectivity index (χ3v) is 4.59. The largest absolute Gasteiger partial charge is 0.370 e. The van der Waals surface area contributed by atoms with Gasteiger partial charge in [-0.15, -0.1) is 11.6 Å². The van der Waals surface area contributed by atoms with Crippen molar-refractivity contribution >= 4 is 29.0 Å². The predicted molar refractivity (Wildman–Crippen MR) is 81.5 cm³/mol. The number of rotatable bonds is 3. The highest BCUT2D eigenvalue weighted by Crippen LogP contribution is 2.26. The van der Waals surface area contributed by atoms with Gasteiger partial charge in [0.05, 0.1) is 11.9 Å². The number of carbonyl (C=O) groups is 1.